The number of rotatable bonds is 4. The standard InChI is InChI=1S/C8H11Br2N3O/c1-2-13(4-3-9)7-6(10)8(14)12-5-11-7/h5H,2-4H2,1H3,(H,11,12,14). The van der Waals surface area contributed by atoms with Gasteiger partial charge in [-0.2, -0.15) is 0 Å². The molecule has 0 atom stereocenters. The largest absolute Gasteiger partial charge is 0.355 e. The van der Waals surface area contributed by atoms with Gasteiger partial charge in [-0.15, -0.1) is 0 Å². The van der Waals surface area contributed by atoms with Crippen LogP contribution in [0, 0.1) is 0 Å². The number of hydrogen-bond acceptors (Lipinski definition) is 3. The minimum atomic E-state index is -0.150. The first-order valence-electron chi connectivity index (χ1n) is 4.24. The molecule has 0 bridgehead atoms. The third-order valence-corrected chi connectivity index (χ3v) is 2.88. The van der Waals surface area contributed by atoms with Crippen LogP contribution < -0.4 is 10.5 Å². The molecule has 1 aromatic rings. The van der Waals surface area contributed by atoms with E-state index in [4.69, 9.17) is 0 Å². The summed E-state index contributed by atoms with van der Waals surface area (Å²) < 4.78 is 0.489. The van der Waals surface area contributed by atoms with Gasteiger partial charge in [0, 0.05) is 18.4 Å². The number of H-pyrrole nitrogens is 1. The fraction of sp³-hybridized carbons (Fsp3) is 0.500. The molecule has 0 aliphatic carbocycles. The van der Waals surface area contributed by atoms with Gasteiger partial charge in [0.1, 0.15) is 10.3 Å². The Bertz CT molecular complexity index is 353. The molecule has 0 spiro atoms. The average molecular weight is 325 g/mol. The molecule has 0 amide bonds. The normalized spacial score (nSPS) is 10.2. The van der Waals surface area contributed by atoms with E-state index in [9.17, 15) is 4.79 Å². The molecule has 0 saturated carbocycles. The second-order valence-electron chi connectivity index (χ2n) is 2.64. The summed E-state index contributed by atoms with van der Waals surface area (Å²) >= 11 is 6.59. The van der Waals surface area contributed by atoms with Crippen LogP contribution in [0.3, 0.4) is 0 Å². The Balaban J connectivity index is 3.03. The number of nitrogens with zero attached hydrogens (tertiary/aromatic N) is 2. The molecule has 0 radical (unpaired) electrons. The predicted octanol–water partition coefficient (Wildman–Crippen LogP) is 1.75. The third kappa shape index (κ3) is 2.57. The van der Waals surface area contributed by atoms with E-state index in [1.54, 1.807) is 0 Å². The highest BCUT2D eigenvalue weighted by Crippen LogP contribution is 2.18. The molecule has 14 heavy (non-hydrogen) atoms. The first-order valence-corrected chi connectivity index (χ1v) is 6.16. The van der Waals surface area contributed by atoms with Gasteiger partial charge in [-0.05, 0) is 22.9 Å². The lowest BCUT2D eigenvalue weighted by Gasteiger charge is -2.21. The summed E-state index contributed by atoms with van der Waals surface area (Å²) in [5.41, 5.74) is -0.150. The summed E-state index contributed by atoms with van der Waals surface area (Å²) in [4.78, 5) is 19.9. The lowest BCUT2D eigenvalue weighted by atomic mass is 10.4. The molecular formula is C8H11Br2N3O. The maximum absolute atomic E-state index is 11.3. The van der Waals surface area contributed by atoms with Crippen molar-refractivity contribution < 1.29 is 0 Å². The van der Waals surface area contributed by atoms with E-state index < -0.39 is 0 Å². The third-order valence-electron chi connectivity index (χ3n) is 1.81. The van der Waals surface area contributed by atoms with E-state index in [1.165, 1.54) is 6.33 Å². The summed E-state index contributed by atoms with van der Waals surface area (Å²) in [6.45, 7) is 3.67. The predicted molar refractivity (Wildman–Crippen MR) is 64.2 cm³/mol. The highest BCUT2D eigenvalue weighted by molar-refractivity contribution is 9.10. The lowest BCUT2D eigenvalue weighted by molar-refractivity contribution is 0.841. The van der Waals surface area contributed by atoms with Crippen molar-refractivity contribution in [3.8, 4) is 0 Å². The Morgan fingerprint density at radius 2 is 2.36 bits per heavy atom. The van der Waals surface area contributed by atoms with Crippen LogP contribution in [-0.4, -0.2) is 28.4 Å². The van der Waals surface area contributed by atoms with Crippen LogP contribution in [0.1, 0.15) is 6.92 Å². The first-order chi connectivity index (χ1) is 6.70. The summed E-state index contributed by atoms with van der Waals surface area (Å²) in [6.07, 6.45) is 1.42. The van der Waals surface area contributed by atoms with Crippen molar-refractivity contribution >= 4 is 37.7 Å². The molecule has 0 fully saturated rings. The van der Waals surface area contributed by atoms with E-state index in [2.05, 4.69) is 41.8 Å². The highest BCUT2D eigenvalue weighted by Gasteiger charge is 2.11. The van der Waals surface area contributed by atoms with E-state index in [0.717, 1.165) is 18.4 Å². The number of aromatic amines is 1. The number of halogens is 2. The summed E-state index contributed by atoms with van der Waals surface area (Å²) in [5.74, 6) is 0.690. The van der Waals surface area contributed by atoms with Gasteiger partial charge >= 0.3 is 0 Å². The molecule has 1 aromatic heterocycles. The molecule has 4 nitrogen and oxygen atoms in total. The summed E-state index contributed by atoms with van der Waals surface area (Å²) in [6, 6.07) is 0. The average Bonchev–Trinajstić information content (AvgIpc) is 2.19. The molecule has 0 unspecified atom stereocenters. The second kappa shape index (κ2) is 5.50. The Hall–Kier alpha value is -0.360. The van der Waals surface area contributed by atoms with Crippen molar-refractivity contribution in [2.75, 3.05) is 23.3 Å². The van der Waals surface area contributed by atoms with Gasteiger partial charge in [0.25, 0.3) is 5.56 Å². The number of hydrogen-bond donors (Lipinski definition) is 1. The Labute approximate surface area is 99.0 Å². The maximum atomic E-state index is 11.3. The Kier molecular flexibility index (Phi) is 4.60. The highest BCUT2D eigenvalue weighted by atomic mass is 79.9. The van der Waals surface area contributed by atoms with E-state index >= 15 is 0 Å². The zero-order valence-electron chi connectivity index (χ0n) is 7.76. The first kappa shape index (κ1) is 11.7. The molecule has 6 heteroatoms. The van der Waals surface area contributed by atoms with E-state index in [1.807, 2.05) is 11.8 Å². The van der Waals surface area contributed by atoms with Crippen molar-refractivity contribution in [1.82, 2.24) is 9.97 Å². The van der Waals surface area contributed by atoms with Crippen molar-refractivity contribution in [3.05, 3.63) is 21.2 Å². The van der Waals surface area contributed by atoms with Crippen LogP contribution in [0.2, 0.25) is 0 Å². The van der Waals surface area contributed by atoms with Crippen LogP contribution in [0.4, 0.5) is 5.82 Å². The zero-order chi connectivity index (χ0) is 10.6. The summed E-state index contributed by atoms with van der Waals surface area (Å²) in [7, 11) is 0. The molecular weight excluding hydrogens is 314 g/mol. The van der Waals surface area contributed by atoms with Gasteiger partial charge < -0.3 is 9.88 Å². The van der Waals surface area contributed by atoms with Gasteiger partial charge in [0.05, 0.1) is 6.33 Å². The van der Waals surface area contributed by atoms with Gasteiger partial charge in [0.15, 0.2) is 0 Å². The van der Waals surface area contributed by atoms with Crippen LogP contribution in [0.5, 0.6) is 0 Å². The monoisotopic (exact) mass is 323 g/mol. The van der Waals surface area contributed by atoms with Gasteiger partial charge in [-0.25, -0.2) is 4.98 Å². The minimum absolute atomic E-state index is 0.150. The molecule has 0 aliphatic heterocycles. The molecule has 1 heterocycles. The maximum Gasteiger partial charge on any atom is 0.267 e. The van der Waals surface area contributed by atoms with Crippen molar-refractivity contribution in [3.63, 3.8) is 0 Å². The van der Waals surface area contributed by atoms with Crippen LogP contribution >= 0.6 is 31.9 Å². The summed E-state index contributed by atoms with van der Waals surface area (Å²) in [5, 5.41) is 0.849. The minimum Gasteiger partial charge on any atom is -0.355 e. The van der Waals surface area contributed by atoms with Crippen molar-refractivity contribution in [2.24, 2.45) is 0 Å². The zero-order valence-corrected chi connectivity index (χ0v) is 10.9. The topological polar surface area (TPSA) is 49.0 Å². The second-order valence-corrected chi connectivity index (χ2v) is 4.22. The number of aromatic nitrogens is 2. The van der Waals surface area contributed by atoms with Crippen LogP contribution in [-0.2, 0) is 0 Å². The molecule has 78 valence electrons. The quantitative estimate of drug-likeness (QED) is 0.858. The number of nitrogens with one attached hydrogen (secondary N) is 1. The van der Waals surface area contributed by atoms with E-state index in [-0.39, 0.29) is 5.56 Å². The van der Waals surface area contributed by atoms with Crippen LogP contribution in [0.25, 0.3) is 0 Å². The van der Waals surface area contributed by atoms with Crippen LogP contribution in [0.15, 0.2) is 15.6 Å². The fourth-order valence-electron chi connectivity index (χ4n) is 1.11. The van der Waals surface area contributed by atoms with Gasteiger partial charge in [-0.3, -0.25) is 4.79 Å². The molecule has 1 rings (SSSR count). The lowest BCUT2D eigenvalue weighted by Crippen LogP contribution is -2.28. The molecule has 1 N–H and O–H groups in total. The smallest absolute Gasteiger partial charge is 0.267 e. The van der Waals surface area contributed by atoms with Gasteiger partial charge in [0.2, 0.25) is 0 Å². The molecule has 0 aromatic carbocycles. The van der Waals surface area contributed by atoms with Gasteiger partial charge in [-0.1, -0.05) is 15.9 Å². The van der Waals surface area contributed by atoms with E-state index in [0.29, 0.717) is 10.3 Å². The molecule has 0 aliphatic rings. The SMILES string of the molecule is CCN(CCBr)c1nc[nH]c(=O)c1Br. The Morgan fingerprint density at radius 1 is 1.64 bits per heavy atom. The number of alkyl halides is 1. The van der Waals surface area contributed by atoms with Crippen molar-refractivity contribution in [2.45, 2.75) is 6.92 Å². The Morgan fingerprint density at radius 3 is 2.93 bits per heavy atom. The fourth-order valence-corrected chi connectivity index (χ4v) is 2.01. The van der Waals surface area contributed by atoms with Crippen molar-refractivity contribution in [1.29, 1.82) is 0 Å². The number of anilines is 1. The molecule has 0 saturated heterocycles.